The number of nitrogens with zero attached hydrogens (tertiary/aromatic N) is 3. The maximum Gasteiger partial charge on any atom is 0.328 e. The van der Waals surface area contributed by atoms with Crippen LogP contribution in [-0.4, -0.2) is 41.7 Å². The molecule has 3 rings (SSSR count). The van der Waals surface area contributed by atoms with Crippen molar-refractivity contribution in [2.45, 2.75) is 6.54 Å². The van der Waals surface area contributed by atoms with Crippen LogP contribution in [-0.2, 0) is 11.3 Å². The third-order valence-corrected chi connectivity index (χ3v) is 3.73. The van der Waals surface area contributed by atoms with Gasteiger partial charge in [0.15, 0.2) is 5.82 Å². The molecular formula is C19H16N4O4. The van der Waals surface area contributed by atoms with Crippen molar-refractivity contribution in [3.05, 3.63) is 83.7 Å². The van der Waals surface area contributed by atoms with E-state index in [0.29, 0.717) is 17.8 Å². The smallest absolute Gasteiger partial charge is 0.328 e. The fourth-order valence-corrected chi connectivity index (χ4v) is 2.48. The number of carbonyl (C=O) groups is 2. The van der Waals surface area contributed by atoms with E-state index >= 15 is 0 Å². The lowest BCUT2D eigenvalue weighted by molar-refractivity contribution is -0.131. The van der Waals surface area contributed by atoms with Crippen LogP contribution < -0.4 is 0 Å². The van der Waals surface area contributed by atoms with Crippen LogP contribution >= 0.6 is 0 Å². The van der Waals surface area contributed by atoms with Crippen molar-refractivity contribution in [1.29, 1.82) is 0 Å². The molecule has 0 unspecified atom stereocenters. The molecule has 0 aliphatic heterocycles. The third kappa shape index (κ3) is 4.57. The predicted octanol–water partition coefficient (Wildman–Crippen LogP) is 2.53. The van der Waals surface area contributed by atoms with Crippen molar-refractivity contribution in [1.82, 2.24) is 19.7 Å². The Bertz CT molecular complexity index is 1000. The fourth-order valence-electron chi connectivity index (χ4n) is 2.48. The van der Waals surface area contributed by atoms with E-state index in [4.69, 9.17) is 5.11 Å². The number of benzene rings is 1. The number of aromatic nitrogens is 4. The van der Waals surface area contributed by atoms with Crippen molar-refractivity contribution < 1.29 is 19.8 Å². The van der Waals surface area contributed by atoms with Gasteiger partial charge in [0.1, 0.15) is 12.1 Å². The molecular weight excluding hydrogens is 348 g/mol. The van der Waals surface area contributed by atoms with Gasteiger partial charge in [-0.3, -0.25) is 9.89 Å². The van der Waals surface area contributed by atoms with E-state index in [1.165, 1.54) is 12.4 Å². The number of nitrogens with one attached hydrogen (secondary N) is 1. The van der Waals surface area contributed by atoms with E-state index in [1.54, 1.807) is 16.8 Å². The number of hydrogen-bond donors (Lipinski definition) is 3. The molecule has 2 heterocycles. The first-order valence-electron chi connectivity index (χ1n) is 7.99. The number of aliphatic hydroxyl groups excluding tert-OH is 1. The van der Waals surface area contributed by atoms with Crippen LogP contribution in [0.5, 0.6) is 0 Å². The molecule has 8 nitrogen and oxygen atoms in total. The lowest BCUT2D eigenvalue weighted by Crippen LogP contribution is -2.00. The number of aliphatic hydroxyl groups is 1. The quantitative estimate of drug-likeness (QED) is 0.336. The number of H-pyrrole nitrogens is 1. The number of carbonyl (C=O) groups excluding carboxylic acids is 1. The first-order chi connectivity index (χ1) is 13.0. The fraction of sp³-hybridized carbons (Fsp3) is 0.0526. The van der Waals surface area contributed by atoms with Gasteiger partial charge in [-0.25, -0.2) is 9.78 Å². The van der Waals surface area contributed by atoms with Crippen molar-refractivity contribution in [2.75, 3.05) is 0 Å². The summed E-state index contributed by atoms with van der Waals surface area (Å²) in [6.45, 7) is 0.476. The molecule has 0 fully saturated rings. The van der Waals surface area contributed by atoms with Crippen molar-refractivity contribution in [3.63, 3.8) is 0 Å². The molecule has 0 saturated carbocycles. The Balaban J connectivity index is 1.92. The van der Waals surface area contributed by atoms with Crippen LogP contribution in [0.2, 0.25) is 0 Å². The topological polar surface area (TPSA) is 121 Å². The van der Waals surface area contributed by atoms with Gasteiger partial charge in [0, 0.05) is 36.2 Å². The lowest BCUT2D eigenvalue weighted by atomic mass is 10.2. The molecule has 0 spiro atoms. The van der Waals surface area contributed by atoms with Gasteiger partial charge in [0.05, 0.1) is 0 Å². The minimum atomic E-state index is -1.08. The number of aliphatic carboxylic acids is 1. The van der Waals surface area contributed by atoms with Crippen molar-refractivity contribution in [2.24, 2.45) is 0 Å². The molecule has 0 bridgehead atoms. The monoisotopic (exact) mass is 364 g/mol. The van der Waals surface area contributed by atoms with Gasteiger partial charge in [-0.1, -0.05) is 30.3 Å². The lowest BCUT2D eigenvalue weighted by Gasteiger charge is -2.06. The Morgan fingerprint density at radius 1 is 1.19 bits per heavy atom. The average molecular weight is 364 g/mol. The van der Waals surface area contributed by atoms with Crippen LogP contribution in [0.15, 0.2) is 61.1 Å². The van der Waals surface area contributed by atoms with E-state index in [-0.39, 0.29) is 11.6 Å². The summed E-state index contributed by atoms with van der Waals surface area (Å²) < 4.78 is 1.78. The summed E-state index contributed by atoms with van der Waals surface area (Å²) in [5.74, 6) is -1.85. The zero-order valence-electron chi connectivity index (χ0n) is 14.1. The predicted molar refractivity (Wildman–Crippen MR) is 98.0 cm³/mol. The summed E-state index contributed by atoms with van der Waals surface area (Å²) in [5.41, 5.74) is 1.96. The Labute approximate surface area is 154 Å². The summed E-state index contributed by atoms with van der Waals surface area (Å²) in [4.78, 5) is 26.6. The highest BCUT2D eigenvalue weighted by Gasteiger charge is 2.12. The average Bonchev–Trinajstić information content (AvgIpc) is 3.31. The van der Waals surface area contributed by atoms with E-state index in [2.05, 4.69) is 15.2 Å². The van der Waals surface area contributed by atoms with E-state index < -0.39 is 11.8 Å². The molecule has 0 aliphatic carbocycles. The number of allylic oxidation sites excluding steroid dienone is 1. The largest absolute Gasteiger partial charge is 0.507 e. The second-order valence-electron chi connectivity index (χ2n) is 5.67. The number of rotatable bonds is 7. The summed E-state index contributed by atoms with van der Waals surface area (Å²) in [6.07, 6.45) is 6.33. The Kier molecular flexibility index (Phi) is 5.27. The molecule has 1 aromatic carbocycles. The zero-order chi connectivity index (χ0) is 19.2. The Morgan fingerprint density at radius 2 is 1.96 bits per heavy atom. The molecule has 0 amide bonds. The van der Waals surface area contributed by atoms with Gasteiger partial charge < -0.3 is 14.8 Å². The summed E-state index contributed by atoms with van der Waals surface area (Å²) in [5, 5.41) is 25.2. The molecule has 0 atom stereocenters. The van der Waals surface area contributed by atoms with Crippen LogP contribution in [0, 0.1) is 0 Å². The molecule has 3 N–H and O–H groups in total. The maximum atomic E-state index is 12.0. The summed E-state index contributed by atoms with van der Waals surface area (Å²) in [6, 6.07) is 11.2. The van der Waals surface area contributed by atoms with E-state index in [9.17, 15) is 14.7 Å². The molecule has 0 aliphatic rings. The van der Waals surface area contributed by atoms with Gasteiger partial charge in [-0.05, 0) is 17.7 Å². The van der Waals surface area contributed by atoms with Gasteiger partial charge in [-0.2, -0.15) is 5.10 Å². The highest BCUT2D eigenvalue weighted by atomic mass is 16.4. The third-order valence-electron chi connectivity index (χ3n) is 3.73. The van der Waals surface area contributed by atoms with Gasteiger partial charge >= 0.3 is 5.97 Å². The van der Waals surface area contributed by atoms with Gasteiger partial charge in [0.2, 0.25) is 5.78 Å². The van der Waals surface area contributed by atoms with Crippen molar-refractivity contribution in [3.8, 4) is 0 Å². The number of carboxylic acid groups (broad SMARTS) is 1. The summed E-state index contributed by atoms with van der Waals surface area (Å²) in [7, 11) is 0. The van der Waals surface area contributed by atoms with Crippen LogP contribution in [0.1, 0.15) is 27.4 Å². The minimum Gasteiger partial charge on any atom is -0.507 e. The van der Waals surface area contributed by atoms with Gasteiger partial charge in [-0.15, -0.1) is 0 Å². The molecule has 2 aromatic heterocycles. The van der Waals surface area contributed by atoms with E-state index in [1.807, 2.05) is 30.3 Å². The first-order valence-corrected chi connectivity index (χ1v) is 7.99. The maximum absolute atomic E-state index is 12.0. The van der Waals surface area contributed by atoms with Crippen LogP contribution in [0.4, 0.5) is 0 Å². The van der Waals surface area contributed by atoms with Crippen LogP contribution in [0.3, 0.4) is 0 Å². The second kappa shape index (κ2) is 7.96. The Hall–Kier alpha value is -3.94. The van der Waals surface area contributed by atoms with Crippen molar-refractivity contribution >= 4 is 23.6 Å². The molecule has 27 heavy (non-hydrogen) atoms. The van der Waals surface area contributed by atoms with Crippen LogP contribution in [0.25, 0.3) is 11.8 Å². The molecule has 8 heteroatoms. The number of ketones is 1. The Morgan fingerprint density at radius 3 is 2.63 bits per heavy atom. The summed E-state index contributed by atoms with van der Waals surface area (Å²) >= 11 is 0. The normalized spacial score (nSPS) is 11.8. The van der Waals surface area contributed by atoms with E-state index in [0.717, 1.165) is 17.7 Å². The highest BCUT2D eigenvalue weighted by Crippen LogP contribution is 2.19. The highest BCUT2D eigenvalue weighted by molar-refractivity contribution is 6.05. The minimum absolute atomic E-state index is 0.0104. The molecule has 0 saturated heterocycles. The molecule has 0 radical (unpaired) electrons. The number of hydrogen-bond acceptors (Lipinski definition) is 5. The SMILES string of the molecule is O=C(O)/C=C/c1cc(/C(O)=C\C(=O)c2ncn[nH]2)cn1Cc1ccccc1. The molecule has 136 valence electrons. The first kappa shape index (κ1) is 17.9. The second-order valence-corrected chi connectivity index (χ2v) is 5.67. The molecule has 3 aromatic rings. The number of aromatic amines is 1. The standard InChI is InChI=1S/C19H16N4O4/c24-16(9-17(25)19-20-12-21-22-19)14-8-15(6-7-18(26)27)23(11-14)10-13-4-2-1-3-5-13/h1-9,11-12,24H,10H2,(H,26,27)(H,20,21,22)/b7-6+,16-9+. The number of carboxylic acids is 1. The van der Waals surface area contributed by atoms with Gasteiger partial charge in [0.25, 0.3) is 0 Å². The zero-order valence-corrected chi connectivity index (χ0v) is 14.1.